The van der Waals surface area contributed by atoms with E-state index in [9.17, 15) is 4.79 Å². The molecule has 2 aromatic carbocycles. The van der Waals surface area contributed by atoms with Gasteiger partial charge in [-0.1, -0.05) is 41.9 Å². The van der Waals surface area contributed by atoms with E-state index in [-0.39, 0.29) is 11.9 Å². The van der Waals surface area contributed by atoms with Crippen molar-refractivity contribution < 1.29 is 4.79 Å². The van der Waals surface area contributed by atoms with E-state index in [4.69, 9.17) is 23.2 Å². The molecule has 2 rings (SSSR count). The van der Waals surface area contributed by atoms with Crippen molar-refractivity contribution in [2.24, 2.45) is 0 Å². The minimum absolute atomic E-state index is 0.214. The first-order valence-corrected chi connectivity index (χ1v) is 7.69. The Bertz CT molecular complexity index is 604. The standard InChI is InChI=1S/C15H12BrCl2NO/c16-13-7-6-11(18)8-12(13)15(20)19-14(9-17)10-4-2-1-3-5-10/h1-8,14H,9H2,(H,19,20). The molecular formula is C15H12BrCl2NO. The molecular weight excluding hydrogens is 361 g/mol. The van der Waals surface area contributed by atoms with Crippen LogP contribution in [-0.4, -0.2) is 11.8 Å². The Labute approximate surface area is 136 Å². The first-order chi connectivity index (χ1) is 9.61. The van der Waals surface area contributed by atoms with Crippen molar-refractivity contribution in [3.63, 3.8) is 0 Å². The number of halogens is 3. The average Bonchev–Trinajstić information content (AvgIpc) is 2.48. The molecule has 0 aliphatic heterocycles. The van der Waals surface area contributed by atoms with Gasteiger partial charge >= 0.3 is 0 Å². The maximum absolute atomic E-state index is 12.3. The lowest BCUT2D eigenvalue weighted by molar-refractivity contribution is 0.0939. The van der Waals surface area contributed by atoms with E-state index in [2.05, 4.69) is 21.2 Å². The summed E-state index contributed by atoms with van der Waals surface area (Å²) in [6, 6.07) is 14.5. The largest absolute Gasteiger partial charge is 0.344 e. The smallest absolute Gasteiger partial charge is 0.253 e. The molecule has 0 heterocycles. The molecule has 0 fully saturated rings. The van der Waals surface area contributed by atoms with Gasteiger partial charge in [-0.3, -0.25) is 4.79 Å². The summed E-state index contributed by atoms with van der Waals surface area (Å²) < 4.78 is 0.695. The summed E-state index contributed by atoms with van der Waals surface area (Å²) in [4.78, 5) is 12.3. The van der Waals surface area contributed by atoms with Crippen LogP contribution in [0.15, 0.2) is 53.0 Å². The van der Waals surface area contributed by atoms with Gasteiger partial charge in [-0.2, -0.15) is 0 Å². The van der Waals surface area contributed by atoms with E-state index in [0.29, 0.717) is 20.9 Å². The van der Waals surface area contributed by atoms with Crippen LogP contribution in [0.1, 0.15) is 22.0 Å². The highest BCUT2D eigenvalue weighted by atomic mass is 79.9. The predicted molar refractivity (Wildman–Crippen MR) is 86.5 cm³/mol. The maximum atomic E-state index is 12.3. The number of carbonyl (C=O) groups is 1. The number of rotatable bonds is 4. The van der Waals surface area contributed by atoms with Crippen LogP contribution in [0.2, 0.25) is 5.02 Å². The molecule has 0 saturated heterocycles. The van der Waals surface area contributed by atoms with Crippen LogP contribution >= 0.6 is 39.1 Å². The first kappa shape index (κ1) is 15.4. The van der Waals surface area contributed by atoms with Gasteiger partial charge in [0.15, 0.2) is 0 Å². The van der Waals surface area contributed by atoms with Crippen LogP contribution in [0, 0.1) is 0 Å². The highest BCUT2D eigenvalue weighted by Crippen LogP contribution is 2.22. The third-order valence-corrected chi connectivity index (χ3v) is 4.07. The van der Waals surface area contributed by atoms with E-state index in [1.165, 1.54) is 0 Å². The van der Waals surface area contributed by atoms with Gasteiger partial charge < -0.3 is 5.32 Å². The summed E-state index contributed by atoms with van der Waals surface area (Å²) in [5, 5.41) is 3.42. The van der Waals surface area contributed by atoms with Crippen molar-refractivity contribution >= 4 is 45.0 Å². The molecule has 2 nitrogen and oxygen atoms in total. The lowest BCUT2D eigenvalue weighted by atomic mass is 10.1. The molecule has 0 aliphatic rings. The Balaban J connectivity index is 2.20. The summed E-state index contributed by atoms with van der Waals surface area (Å²) in [6.07, 6.45) is 0. The Morgan fingerprint density at radius 1 is 1.20 bits per heavy atom. The third kappa shape index (κ3) is 3.75. The lowest BCUT2D eigenvalue weighted by Crippen LogP contribution is -2.29. The number of hydrogen-bond acceptors (Lipinski definition) is 1. The summed E-state index contributed by atoms with van der Waals surface area (Å²) in [6.45, 7) is 0. The van der Waals surface area contributed by atoms with Crippen molar-refractivity contribution in [1.29, 1.82) is 0 Å². The van der Waals surface area contributed by atoms with Crippen LogP contribution < -0.4 is 5.32 Å². The Morgan fingerprint density at radius 2 is 1.90 bits per heavy atom. The van der Waals surface area contributed by atoms with Crippen molar-refractivity contribution in [2.45, 2.75) is 6.04 Å². The quantitative estimate of drug-likeness (QED) is 0.766. The van der Waals surface area contributed by atoms with Gasteiger partial charge in [0.05, 0.1) is 11.6 Å². The van der Waals surface area contributed by atoms with Crippen molar-refractivity contribution in [2.75, 3.05) is 5.88 Å². The van der Waals surface area contributed by atoms with E-state index < -0.39 is 0 Å². The number of hydrogen-bond donors (Lipinski definition) is 1. The molecule has 1 N–H and O–H groups in total. The fourth-order valence-electron chi connectivity index (χ4n) is 1.80. The molecule has 5 heteroatoms. The van der Waals surface area contributed by atoms with Gasteiger partial charge in [0.2, 0.25) is 0 Å². The number of alkyl halides is 1. The maximum Gasteiger partial charge on any atom is 0.253 e. The van der Waals surface area contributed by atoms with Gasteiger partial charge in [0, 0.05) is 15.4 Å². The molecule has 104 valence electrons. The molecule has 0 bridgehead atoms. The van der Waals surface area contributed by atoms with E-state index >= 15 is 0 Å². The monoisotopic (exact) mass is 371 g/mol. The molecule has 1 amide bonds. The Kier molecular flexibility index (Phi) is 5.46. The zero-order chi connectivity index (χ0) is 14.5. The lowest BCUT2D eigenvalue weighted by Gasteiger charge is -2.17. The Morgan fingerprint density at radius 3 is 2.55 bits per heavy atom. The zero-order valence-corrected chi connectivity index (χ0v) is 13.5. The van der Waals surface area contributed by atoms with Crippen molar-refractivity contribution in [1.82, 2.24) is 5.32 Å². The van der Waals surface area contributed by atoms with Crippen LogP contribution in [0.25, 0.3) is 0 Å². The molecule has 20 heavy (non-hydrogen) atoms. The number of amides is 1. The Hall–Kier alpha value is -1.03. The summed E-state index contributed by atoms with van der Waals surface area (Å²) >= 11 is 15.2. The molecule has 0 saturated carbocycles. The first-order valence-electron chi connectivity index (χ1n) is 5.98. The van der Waals surface area contributed by atoms with E-state index in [1.807, 2.05) is 30.3 Å². The summed E-state index contributed by atoms with van der Waals surface area (Å²) in [5.41, 5.74) is 1.46. The molecule has 0 aliphatic carbocycles. The number of carbonyl (C=O) groups excluding carboxylic acids is 1. The van der Waals surface area contributed by atoms with Crippen LogP contribution in [0.3, 0.4) is 0 Å². The van der Waals surface area contributed by atoms with Crippen LogP contribution in [0.5, 0.6) is 0 Å². The predicted octanol–water partition coefficient (Wildman–Crippen LogP) is 4.81. The second-order valence-corrected chi connectivity index (χ2v) is 5.81. The highest BCUT2D eigenvalue weighted by molar-refractivity contribution is 9.10. The SMILES string of the molecule is O=C(NC(CCl)c1ccccc1)c1cc(Cl)ccc1Br. The van der Waals surface area contributed by atoms with Crippen molar-refractivity contribution in [3.8, 4) is 0 Å². The van der Waals surface area contributed by atoms with Gasteiger partial charge in [-0.05, 0) is 39.7 Å². The summed E-state index contributed by atoms with van der Waals surface area (Å²) in [5.74, 6) is 0.0855. The highest BCUT2D eigenvalue weighted by Gasteiger charge is 2.16. The van der Waals surface area contributed by atoms with E-state index in [0.717, 1.165) is 5.56 Å². The number of benzene rings is 2. The molecule has 0 spiro atoms. The zero-order valence-electron chi connectivity index (χ0n) is 10.4. The van der Waals surface area contributed by atoms with Gasteiger partial charge in [0.1, 0.15) is 0 Å². The minimum atomic E-state index is -0.240. The third-order valence-electron chi connectivity index (χ3n) is 2.83. The fraction of sp³-hybridized carbons (Fsp3) is 0.133. The normalized spacial score (nSPS) is 11.9. The van der Waals surface area contributed by atoms with Crippen LogP contribution in [-0.2, 0) is 0 Å². The van der Waals surface area contributed by atoms with Gasteiger partial charge in [-0.15, -0.1) is 11.6 Å². The summed E-state index contributed by atoms with van der Waals surface area (Å²) in [7, 11) is 0. The van der Waals surface area contributed by atoms with E-state index in [1.54, 1.807) is 18.2 Å². The average molecular weight is 373 g/mol. The second-order valence-electron chi connectivity index (χ2n) is 4.22. The van der Waals surface area contributed by atoms with Gasteiger partial charge in [0.25, 0.3) is 5.91 Å². The second kappa shape index (κ2) is 7.11. The molecule has 0 aromatic heterocycles. The number of nitrogens with one attached hydrogen (secondary N) is 1. The topological polar surface area (TPSA) is 29.1 Å². The van der Waals surface area contributed by atoms with Gasteiger partial charge in [-0.25, -0.2) is 0 Å². The molecule has 2 aromatic rings. The molecule has 1 atom stereocenters. The molecule has 1 unspecified atom stereocenters. The minimum Gasteiger partial charge on any atom is -0.344 e. The molecule has 0 radical (unpaired) electrons. The van der Waals surface area contributed by atoms with Crippen LogP contribution in [0.4, 0.5) is 0 Å². The van der Waals surface area contributed by atoms with Crippen molar-refractivity contribution in [3.05, 3.63) is 69.2 Å². The fourth-order valence-corrected chi connectivity index (χ4v) is 2.66.